The summed E-state index contributed by atoms with van der Waals surface area (Å²) < 4.78 is 5.42. The van der Waals surface area contributed by atoms with Crippen LogP contribution in [0.2, 0.25) is 0 Å². The number of halogens is 1. The minimum absolute atomic E-state index is 0.0372. The Balaban J connectivity index is 2.74. The van der Waals surface area contributed by atoms with E-state index in [4.69, 9.17) is 0 Å². The van der Waals surface area contributed by atoms with Crippen molar-refractivity contribution in [3.05, 3.63) is 22.4 Å². The van der Waals surface area contributed by atoms with Crippen LogP contribution in [-0.4, -0.2) is 30.0 Å². The van der Waals surface area contributed by atoms with Crippen molar-refractivity contribution in [2.24, 2.45) is 5.92 Å². The van der Waals surface area contributed by atoms with E-state index in [9.17, 15) is 9.59 Å². The molecule has 1 unspecified atom stereocenters. The van der Waals surface area contributed by atoms with Crippen LogP contribution < -0.4 is 5.32 Å². The van der Waals surface area contributed by atoms with Crippen molar-refractivity contribution >= 4 is 27.8 Å². The second-order valence-corrected chi connectivity index (χ2v) is 4.87. The molecule has 0 aliphatic heterocycles. The zero-order valence-electron chi connectivity index (χ0n) is 9.91. The molecular weight excluding hydrogens is 288 g/mol. The fraction of sp³-hybridized carbons (Fsp3) is 0.455. The van der Waals surface area contributed by atoms with Crippen molar-refractivity contribution < 1.29 is 14.3 Å². The molecule has 94 valence electrons. The standard InChI is InChI=1S/C11H15BrN2O3/c1-6(2)9(11(16)17-3)14-10(15)8-4-7(12)5-13-8/h4-6,9,13H,1-3H3,(H,14,15). The van der Waals surface area contributed by atoms with Crippen molar-refractivity contribution in [3.63, 3.8) is 0 Å². The lowest BCUT2D eigenvalue weighted by Crippen LogP contribution is -2.45. The number of rotatable bonds is 4. The molecule has 0 saturated heterocycles. The fourth-order valence-corrected chi connectivity index (χ4v) is 1.69. The molecule has 0 aliphatic rings. The maximum absolute atomic E-state index is 11.8. The van der Waals surface area contributed by atoms with Crippen LogP contribution in [0.4, 0.5) is 0 Å². The summed E-state index contributed by atoms with van der Waals surface area (Å²) in [6, 6.07) is 0.999. The average molecular weight is 303 g/mol. The number of nitrogens with one attached hydrogen (secondary N) is 2. The summed E-state index contributed by atoms with van der Waals surface area (Å²) in [7, 11) is 1.30. The number of aromatic amines is 1. The number of H-pyrrole nitrogens is 1. The molecule has 1 heterocycles. The first-order chi connectivity index (χ1) is 7.95. The number of carbonyl (C=O) groups excluding carboxylic acids is 2. The van der Waals surface area contributed by atoms with Crippen molar-refractivity contribution in [1.82, 2.24) is 10.3 Å². The molecule has 1 atom stereocenters. The Bertz CT molecular complexity index is 415. The molecule has 1 aromatic heterocycles. The van der Waals surface area contributed by atoms with Gasteiger partial charge in [0.25, 0.3) is 5.91 Å². The first-order valence-electron chi connectivity index (χ1n) is 5.18. The number of hydrogen-bond acceptors (Lipinski definition) is 3. The second-order valence-electron chi connectivity index (χ2n) is 3.95. The van der Waals surface area contributed by atoms with Crippen LogP contribution in [0.3, 0.4) is 0 Å². The van der Waals surface area contributed by atoms with Crippen molar-refractivity contribution in [3.8, 4) is 0 Å². The zero-order chi connectivity index (χ0) is 13.0. The molecule has 0 saturated carbocycles. The maximum atomic E-state index is 11.8. The molecule has 1 aromatic rings. The van der Waals surface area contributed by atoms with Crippen LogP contribution in [0.15, 0.2) is 16.7 Å². The van der Waals surface area contributed by atoms with Gasteiger partial charge in [-0.25, -0.2) is 4.79 Å². The van der Waals surface area contributed by atoms with Gasteiger partial charge in [-0.05, 0) is 27.9 Å². The van der Waals surface area contributed by atoms with E-state index in [0.717, 1.165) is 4.47 Å². The van der Waals surface area contributed by atoms with Crippen LogP contribution >= 0.6 is 15.9 Å². The topological polar surface area (TPSA) is 71.2 Å². The number of aromatic nitrogens is 1. The van der Waals surface area contributed by atoms with Gasteiger partial charge in [-0.1, -0.05) is 13.8 Å². The molecule has 17 heavy (non-hydrogen) atoms. The molecule has 0 aromatic carbocycles. The summed E-state index contributed by atoms with van der Waals surface area (Å²) in [6.07, 6.45) is 1.65. The van der Waals surface area contributed by atoms with Gasteiger partial charge in [-0.15, -0.1) is 0 Å². The molecule has 5 nitrogen and oxygen atoms in total. The third kappa shape index (κ3) is 3.59. The summed E-state index contributed by atoms with van der Waals surface area (Å²) in [5.41, 5.74) is 0.395. The smallest absolute Gasteiger partial charge is 0.328 e. The molecule has 0 radical (unpaired) electrons. The van der Waals surface area contributed by atoms with E-state index in [2.05, 4.69) is 31.0 Å². The van der Waals surface area contributed by atoms with E-state index in [0.29, 0.717) is 5.69 Å². The number of ether oxygens (including phenoxy) is 1. The Kier molecular flexibility index (Phi) is 4.74. The maximum Gasteiger partial charge on any atom is 0.328 e. The summed E-state index contributed by atoms with van der Waals surface area (Å²) in [5.74, 6) is -0.816. The predicted octanol–water partition coefficient (Wildman–Crippen LogP) is 1.70. The van der Waals surface area contributed by atoms with E-state index >= 15 is 0 Å². The van der Waals surface area contributed by atoms with Crippen LogP contribution in [-0.2, 0) is 9.53 Å². The predicted molar refractivity (Wildman–Crippen MR) is 66.6 cm³/mol. The Hall–Kier alpha value is -1.30. The SMILES string of the molecule is COC(=O)C(NC(=O)c1cc(Br)c[nH]1)C(C)C. The lowest BCUT2D eigenvalue weighted by molar-refractivity contribution is -0.144. The third-order valence-electron chi connectivity index (χ3n) is 2.30. The van der Waals surface area contributed by atoms with Gasteiger partial charge >= 0.3 is 5.97 Å². The normalized spacial score (nSPS) is 12.3. The lowest BCUT2D eigenvalue weighted by atomic mass is 10.0. The number of esters is 1. The Morgan fingerprint density at radius 3 is 2.53 bits per heavy atom. The van der Waals surface area contributed by atoms with E-state index < -0.39 is 12.0 Å². The number of amides is 1. The first-order valence-corrected chi connectivity index (χ1v) is 5.97. The first kappa shape index (κ1) is 13.8. The third-order valence-corrected chi connectivity index (χ3v) is 2.76. The van der Waals surface area contributed by atoms with E-state index in [1.54, 1.807) is 12.3 Å². The average Bonchev–Trinajstić information content (AvgIpc) is 2.71. The van der Waals surface area contributed by atoms with E-state index in [-0.39, 0.29) is 11.8 Å². The second kappa shape index (κ2) is 5.86. The molecule has 1 rings (SSSR count). The monoisotopic (exact) mass is 302 g/mol. The summed E-state index contributed by atoms with van der Waals surface area (Å²) in [4.78, 5) is 26.1. The number of methoxy groups -OCH3 is 1. The Morgan fingerprint density at radius 1 is 1.47 bits per heavy atom. The minimum atomic E-state index is -0.644. The van der Waals surface area contributed by atoms with Gasteiger partial charge in [0.05, 0.1) is 7.11 Å². The highest BCUT2D eigenvalue weighted by atomic mass is 79.9. The van der Waals surface area contributed by atoms with Crippen molar-refractivity contribution in [2.45, 2.75) is 19.9 Å². The van der Waals surface area contributed by atoms with Crippen molar-refractivity contribution in [2.75, 3.05) is 7.11 Å². The fourth-order valence-electron chi connectivity index (χ4n) is 1.34. The zero-order valence-corrected chi connectivity index (χ0v) is 11.5. The molecule has 1 amide bonds. The van der Waals surface area contributed by atoms with Crippen LogP contribution in [0, 0.1) is 5.92 Å². The molecule has 6 heteroatoms. The lowest BCUT2D eigenvalue weighted by Gasteiger charge is -2.19. The molecule has 0 bridgehead atoms. The van der Waals surface area contributed by atoms with Crippen LogP contribution in [0.5, 0.6) is 0 Å². The highest BCUT2D eigenvalue weighted by Crippen LogP contribution is 2.11. The highest BCUT2D eigenvalue weighted by Gasteiger charge is 2.25. The molecular formula is C11H15BrN2O3. The van der Waals surface area contributed by atoms with Crippen LogP contribution in [0.1, 0.15) is 24.3 Å². The molecule has 0 fully saturated rings. The van der Waals surface area contributed by atoms with Gasteiger partial charge in [0.15, 0.2) is 0 Å². The van der Waals surface area contributed by atoms with Gasteiger partial charge in [0.2, 0.25) is 0 Å². The quantitative estimate of drug-likeness (QED) is 0.832. The van der Waals surface area contributed by atoms with E-state index in [1.807, 2.05) is 13.8 Å². The van der Waals surface area contributed by atoms with Gasteiger partial charge < -0.3 is 15.0 Å². The van der Waals surface area contributed by atoms with E-state index in [1.165, 1.54) is 7.11 Å². The molecule has 0 aliphatic carbocycles. The molecule has 0 spiro atoms. The van der Waals surface area contributed by atoms with Crippen LogP contribution in [0.25, 0.3) is 0 Å². The summed E-state index contributed by atoms with van der Waals surface area (Å²) >= 11 is 3.24. The van der Waals surface area contributed by atoms with Crippen molar-refractivity contribution in [1.29, 1.82) is 0 Å². The Morgan fingerprint density at radius 2 is 2.12 bits per heavy atom. The minimum Gasteiger partial charge on any atom is -0.467 e. The number of hydrogen-bond donors (Lipinski definition) is 2. The molecule has 2 N–H and O–H groups in total. The van der Waals surface area contributed by atoms with Gasteiger partial charge in [0, 0.05) is 10.7 Å². The van der Waals surface area contributed by atoms with Gasteiger partial charge in [-0.2, -0.15) is 0 Å². The van der Waals surface area contributed by atoms with Gasteiger partial charge in [-0.3, -0.25) is 4.79 Å². The largest absolute Gasteiger partial charge is 0.467 e. The van der Waals surface area contributed by atoms with Gasteiger partial charge in [0.1, 0.15) is 11.7 Å². The number of carbonyl (C=O) groups is 2. The Labute approximate surface area is 108 Å². The highest BCUT2D eigenvalue weighted by molar-refractivity contribution is 9.10. The summed E-state index contributed by atoms with van der Waals surface area (Å²) in [6.45, 7) is 3.68. The summed E-state index contributed by atoms with van der Waals surface area (Å²) in [5, 5.41) is 2.63.